The molecule has 146 valence electrons. The number of ether oxygens (including phenoxy) is 2. The molecule has 3 rings (SSSR count). The number of halogens is 1. The summed E-state index contributed by atoms with van der Waals surface area (Å²) < 4.78 is 11.2. The molecule has 3 N–H and O–H groups in total. The first-order valence-corrected chi connectivity index (χ1v) is 9.79. The van der Waals surface area contributed by atoms with Crippen molar-refractivity contribution in [1.29, 1.82) is 0 Å². The number of aliphatic hydroxyl groups is 3. The standard InChI is InChI=1S/C20H29ClO5/c1-11-17(22)18(23)19(24)20(26-11)13-5-8-16(21)14(10-13)9-12-3-6-15(25-2)7-4-12/h5,8,10-12,15,17-20,22-24H,3-4,6-7,9H2,1-2H3/t11-,12?,15?,17-,18+,19-,20+/m1/s1. The lowest BCUT2D eigenvalue weighted by Crippen LogP contribution is -2.53. The number of aliphatic hydroxyl groups excluding tert-OH is 3. The monoisotopic (exact) mass is 384 g/mol. The third-order valence-corrected chi connectivity index (χ3v) is 6.25. The fourth-order valence-corrected chi connectivity index (χ4v) is 4.33. The topological polar surface area (TPSA) is 79.2 Å². The summed E-state index contributed by atoms with van der Waals surface area (Å²) in [6.45, 7) is 1.69. The van der Waals surface area contributed by atoms with Crippen molar-refractivity contribution in [1.82, 2.24) is 0 Å². The highest BCUT2D eigenvalue weighted by atomic mass is 35.5. The van der Waals surface area contributed by atoms with Gasteiger partial charge in [0.15, 0.2) is 0 Å². The Bertz CT molecular complexity index is 602. The van der Waals surface area contributed by atoms with Crippen LogP contribution in [0.4, 0.5) is 0 Å². The van der Waals surface area contributed by atoms with Crippen molar-refractivity contribution >= 4 is 11.6 Å². The Morgan fingerprint density at radius 1 is 1.08 bits per heavy atom. The molecule has 5 nitrogen and oxygen atoms in total. The summed E-state index contributed by atoms with van der Waals surface area (Å²) in [6, 6.07) is 5.61. The van der Waals surface area contributed by atoms with Crippen molar-refractivity contribution < 1.29 is 24.8 Å². The van der Waals surface area contributed by atoms with Gasteiger partial charge in [-0.2, -0.15) is 0 Å². The van der Waals surface area contributed by atoms with Crippen molar-refractivity contribution in [3.05, 3.63) is 34.3 Å². The van der Waals surface area contributed by atoms with Crippen LogP contribution >= 0.6 is 11.6 Å². The second kappa shape index (κ2) is 8.55. The van der Waals surface area contributed by atoms with Gasteiger partial charge in [0.05, 0.1) is 12.2 Å². The minimum absolute atomic E-state index is 0.369. The molecular weight excluding hydrogens is 356 g/mol. The molecule has 1 aromatic carbocycles. The highest BCUT2D eigenvalue weighted by molar-refractivity contribution is 6.31. The fraction of sp³-hybridized carbons (Fsp3) is 0.700. The average molecular weight is 385 g/mol. The molecule has 0 bridgehead atoms. The third kappa shape index (κ3) is 4.24. The van der Waals surface area contributed by atoms with E-state index in [4.69, 9.17) is 21.1 Å². The van der Waals surface area contributed by atoms with Gasteiger partial charge in [-0.15, -0.1) is 0 Å². The zero-order chi connectivity index (χ0) is 18.8. The normalized spacial score (nSPS) is 38.3. The van der Waals surface area contributed by atoms with Crippen molar-refractivity contribution in [2.45, 2.75) is 75.7 Å². The van der Waals surface area contributed by atoms with Gasteiger partial charge in [0.1, 0.15) is 24.4 Å². The average Bonchev–Trinajstić information content (AvgIpc) is 2.65. The summed E-state index contributed by atoms with van der Waals surface area (Å²) in [4.78, 5) is 0. The number of hydrogen-bond donors (Lipinski definition) is 3. The van der Waals surface area contributed by atoms with E-state index in [-0.39, 0.29) is 0 Å². The van der Waals surface area contributed by atoms with E-state index in [1.807, 2.05) is 18.2 Å². The maximum atomic E-state index is 10.3. The molecule has 0 unspecified atom stereocenters. The molecule has 6 heteroatoms. The lowest BCUT2D eigenvalue weighted by Gasteiger charge is -2.39. The molecule has 1 saturated carbocycles. The summed E-state index contributed by atoms with van der Waals surface area (Å²) in [5.41, 5.74) is 1.81. The van der Waals surface area contributed by atoms with Crippen LogP contribution in [-0.2, 0) is 15.9 Å². The molecule has 5 atom stereocenters. The Balaban J connectivity index is 1.73. The minimum Gasteiger partial charge on any atom is -0.388 e. The first kappa shape index (κ1) is 20.1. The van der Waals surface area contributed by atoms with E-state index in [9.17, 15) is 15.3 Å². The minimum atomic E-state index is -1.23. The molecule has 1 saturated heterocycles. The molecule has 2 aliphatic rings. The highest BCUT2D eigenvalue weighted by Crippen LogP contribution is 2.36. The van der Waals surface area contributed by atoms with Crippen LogP contribution in [-0.4, -0.2) is 52.9 Å². The zero-order valence-corrected chi connectivity index (χ0v) is 16.1. The van der Waals surface area contributed by atoms with Crippen LogP contribution in [0.1, 0.15) is 49.8 Å². The lowest BCUT2D eigenvalue weighted by molar-refractivity contribution is -0.219. The molecule has 0 radical (unpaired) electrons. The van der Waals surface area contributed by atoms with Crippen LogP contribution < -0.4 is 0 Å². The van der Waals surface area contributed by atoms with Gasteiger partial charge in [0.2, 0.25) is 0 Å². The van der Waals surface area contributed by atoms with Gasteiger partial charge in [-0.3, -0.25) is 0 Å². The Morgan fingerprint density at radius 3 is 2.42 bits per heavy atom. The number of rotatable bonds is 4. The molecule has 2 fully saturated rings. The fourth-order valence-electron chi connectivity index (χ4n) is 4.14. The highest BCUT2D eigenvalue weighted by Gasteiger charge is 2.42. The van der Waals surface area contributed by atoms with Crippen LogP contribution in [0.25, 0.3) is 0 Å². The van der Waals surface area contributed by atoms with Crippen molar-refractivity contribution in [2.75, 3.05) is 7.11 Å². The molecule has 1 aliphatic heterocycles. The number of hydrogen-bond acceptors (Lipinski definition) is 5. The van der Waals surface area contributed by atoms with E-state index in [1.54, 1.807) is 14.0 Å². The Morgan fingerprint density at radius 2 is 1.77 bits per heavy atom. The van der Waals surface area contributed by atoms with Crippen LogP contribution in [0.15, 0.2) is 18.2 Å². The van der Waals surface area contributed by atoms with Crippen molar-refractivity contribution in [3.8, 4) is 0 Å². The zero-order valence-electron chi connectivity index (χ0n) is 15.3. The van der Waals surface area contributed by atoms with E-state index in [0.717, 1.165) is 43.2 Å². The second-order valence-electron chi connectivity index (χ2n) is 7.67. The number of benzene rings is 1. The van der Waals surface area contributed by atoms with Gasteiger partial charge in [-0.1, -0.05) is 23.7 Å². The van der Waals surface area contributed by atoms with Gasteiger partial charge in [-0.25, -0.2) is 0 Å². The smallest absolute Gasteiger partial charge is 0.113 e. The summed E-state index contributed by atoms with van der Waals surface area (Å²) in [7, 11) is 1.77. The Kier molecular flexibility index (Phi) is 6.59. The number of methoxy groups -OCH3 is 1. The Hall–Kier alpha value is -0.690. The van der Waals surface area contributed by atoms with Crippen LogP contribution in [0.3, 0.4) is 0 Å². The van der Waals surface area contributed by atoms with E-state index < -0.39 is 30.5 Å². The van der Waals surface area contributed by atoms with Crippen LogP contribution in [0.2, 0.25) is 5.02 Å². The molecule has 1 aliphatic carbocycles. The quantitative estimate of drug-likeness (QED) is 0.743. The van der Waals surface area contributed by atoms with Crippen LogP contribution in [0, 0.1) is 5.92 Å². The van der Waals surface area contributed by atoms with Gasteiger partial charge in [0, 0.05) is 12.1 Å². The third-order valence-electron chi connectivity index (χ3n) is 5.89. The summed E-state index contributed by atoms with van der Waals surface area (Å²) in [5, 5.41) is 31.0. The predicted octanol–water partition coefficient (Wildman–Crippen LogP) is 2.63. The lowest BCUT2D eigenvalue weighted by atomic mass is 9.82. The molecular formula is C20H29ClO5. The second-order valence-corrected chi connectivity index (χ2v) is 8.07. The largest absolute Gasteiger partial charge is 0.388 e. The molecule has 1 aromatic rings. The van der Waals surface area contributed by atoms with Crippen molar-refractivity contribution in [3.63, 3.8) is 0 Å². The van der Waals surface area contributed by atoms with Gasteiger partial charge >= 0.3 is 0 Å². The van der Waals surface area contributed by atoms with E-state index >= 15 is 0 Å². The van der Waals surface area contributed by atoms with E-state index in [1.165, 1.54) is 0 Å². The summed E-state index contributed by atoms with van der Waals surface area (Å²) in [5.74, 6) is 0.567. The SMILES string of the molecule is COC1CCC(Cc2cc([C@@H]3O[C@H](C)[C@@H](O)[C@H](O)[C@H]3O)ccc2Cl)CC1. The van der Waals surface area contributed by atoms with Crippen LogP contribution in [0.5, 0.6) is 0 Å². The van der Waals surface area contributed by atoms with E-state index in [0.29, 0.717) is 17.0 Å². The predicted molar refractivity (Wildman–Crippen MR) is 99.2 cm³/mol. The molecule has 26 heavy (non-hydrogen) atoms. The van der Waals surface area contributed by atoms with Gasteiger partial charge in [0.25, 0.3) is 0 Å². The van der Waals surface area contributed by atoms with Gasteiger partial charge in [-0.05, 0) is 62.1 Å². The molecule has 1 heterocycles. The summed E-state index contributed by atoms with van der Waals surface area (Å²) in [6.07, 6.45) is 0.900. The first-order chi connectivity index (χ1) is 12.4. The maximum absolute atomic E-state index is 10.3. The molecule has 0 aromatic heterocycles. The van der Waals surface area contributed by atoms with Gasteiger partial charge < -0.3 is 24.8 Å². The first-order valence-electron chi connectivity index (χ1n) is 9.41. The Labute approximate surface area is 159 Å². The molecule has 0 amide bonds. The maximum Gasteiger partial charge on any atom is 0.113 e. The molecule has 0 spiro atoms. The van der Waals surface area contributed by atoms with Crippen molar-refractivity contribution in [2.24, 2.45) is 5.92 Å². The summed E-state index contributed by atoms with van der Waals surface area (Å²) >= 11 is 6.41. The van der Waals surface area contributed by atoms with E-state index in [2.05, 4.69) is 0 Å².